The van der Waals surface area contributed by atoms with E-state index in [1.807, 2.05) is 16.8 Å². The molecule has 1 saturated heterocycles. The lowest BCUT2D eigenvalue weighted by molar-refractivity contribution is -0.147. The molecule has 0 bridgehead atoms. The number of amides is 1. The Balaban J connectivity index is 1.72. The van der Waals surface area contributed by atoms with Crippen molar-refractivity contribution in [2.24, 2.45) is 0 Å². The molecule has 1 aliphatic heterocycles. The Hall–Kier alpha value is -2.19. The first-order chi connectivity index (χ1) is 11.0. The number of thiophene rings is 1. The quantitative estimate of drug-likeness (QED) is 0.860. The molecule has 3 rings (SSSR count). The lowest BCUT2D eigenvalue weighted by atomic mass is 9.98. The molecule has 7 nitrogen and oxygen atoms in total. The zero-order valence-corrected chi connectivity index (χ0v) is 13.3. The average Bonchev–Trinajstić information content (AvgIpc) is 3.21. The Labute approximate surface area is 136 Å². The van der Waals surface area contributed by atoms with Crippen LogP contribution in [-0.2, 0) is 20.7 Å². The molecule has 8 heteroatoms. The van der Waals surface area contributed by atoms with Crippen molar-refractivity contribution in [2.45, 2.75) is 25.3 Å². The minimum absolute atomic E-state index is 0.0218. The molecule has 1 amide bonds. The van der Waals surface area contributed by atoms with Gasteiger partial charge in [-0.05, 0) is 18.4 Å². The van der Waals surface area contributed by atoms with Gasteiger partial charge in [0.25, 0.3) is 0 Å². The highest BCUT2D eigenvalue weighted by Crippen LogP contribution is 2.24. The molecule has 0 aliphatic carbocycles. The maximum atomic E-state index is 12.2. The van der Waals surface area contributed by atoms with Crippen molar-refractivity contribution in [3.8, 4) is 11.5 Å². The maximum absolute atomic E-state index is 12.2. The molecule has 1 fully saturated rings. The Kier molecular flexibility index (Phi) is 4.18. The van der Waals surface area contributed by atoms with E-state index in [4.69, 9.17) is 9.15 Å². The van der Waals surface area contributed by atoms with E-state index < -0.39 is 17.4 Å². The predicted molar refractivity (Wildman–Crippen MR) is 82.2 cm³/mol. The van der Waals surface area contributed by atoms with Gasteiger partial charge < -0.3 is 19.6 Å². The lowest BCUT2D eigenvalue weighted by Gasteiger charge is -2.23. The van der Waals surface area contributed by atoms with E-state index in [0.29, 0.717) is 24.0 Å². The standard InChI is InChI=1S/C15H16N2O5S/c1-9-11(16-13(22-9)10-2-5-23-7-10)6-12(18)17-15(14(19)20)3-4-21-8-15/h2,5,7H,3-4,6,8H2,1H3,(H,17,18)(H,19,20). The van der Waals surface area contributed by atoms with E-state index in [9.17, 15) is 14.7 Å². The van der Waals surface area contributed by atoms with Gasteiger partial charge in [0.1, 0.15) is 5.76 Å². The molecule has 23 heavy (non-hydrogen) atoms. The van der Waals surface area contributed by atoms with Crippen LogP contribution >= 0.6 is 11.3 Å². The molecule has 0 spiro atoms. The normalized spacial score (nSPS) is 20.6. The van der Waals surface area contributed by atoms with Gasteiger partial charge in [-0.1, -0.05) is 0 Å². The summed E-state index contributed by atoms with van der Waals surface area (Å²) in [4.78, 5) is 28.0. The average molecular weight is 336 g/mol. The van der Waals surface area contributed by atoms with Gasteiger partial charge in [-0.3, -0.25) is 4.79 Å². The van der Waals surface area contributed by atoms with Crippen LogP contribution in [0.5, 0.6) is 0 Å². The minimum atomic E-state index is -1.34. The number of carboxylic acid groups (broad SMARTS) is 1. The Morgan fingerprint density at radius 2 is 2.35 bits per heavy atom. The fourth-order valence-corrected chi connectivity index (χ4v) is 3.08. The number of hydrogen-bond acceptors (Lipinski definition) is 6. The molecule has 2 N–H and O–H groups in total. The van der Waals surface area contributed by atoms with Crippen LogP contribution in [0.3, 0.4) is 0 Å². The van der Waals surface area contributed by atoms with Gasteiger partial charge in [-0.25, -0.2) is 9.78 Å². The number of hydrogen-bond donors (Lipinski definition) is 2. The SMILES string of the molecule is Cc1oc(-c2ccsc2)nc1CC(=O)NC1(C(=O)O)CCOC1. The number of nitrogens with one attached hydrogen (secondary N) is 1. The fourth-order valence-electron chi connectivity index (χ4n) is 2.45. The smallest absolute Gasteiger partial charge is 0.331 e. The summed E-state index contributed by atoms with van der Waals surface area (Å²) in [6.45, 7) is 2.03. The Morgan fingerprint density at radius 3 is 2.96 bits per heavy atom. The third-order valence-electron chi connectivity index (χ3n) is 3.80. The van der Waals surface area contributed by atoms with E-state index in [1.165, 1.54) is 11.3 Å². The van der Waals surface area contributed by atoms with Crippen LogP contribution in [0.4, 0.5) is 0 Å². The summed E-state index contributed by atoms with van der Waals surface area (Å²) in [6, 6.07) is 1.88. The van der Waals surface area contributed by atoms with Crippen molar-refractivity contribution in [3.05, 3.63) is 28.3 Å². The van der Waals surface area contributed by atoms with Crippen molar-refractivity contribution in [3.63, 3.8) is 0 Å². The molecule has 0 aromatic carbocycles. The first-order valence-electron chi connectivity index (χ1n) is 7.11. The van der Waals surface area contributed by atoms with Gasteiger partial charge >= 0.3 is 5.97 Å². The third-order valence-corrected chi connectivity index (χ3v) is 4.48. The summed E-state index contributed by atoms with van der Waals surface area (Å²) in [5.74, 6) is -0.484. The molecule has 0 saturated carbocycles. The summed E-state index contributed by atoms with van der Waals surface area (Å²) in [7, 11) is 0. The van der Waals surface area contributed by atoms with Crippen LogP contribution in [-0.4, -0.2) is 40.7 Å². The fraction of sp³-hybridized carbons (Fsp3) is 0.400. The highest BCUT2D eigenvalue weighted by Gasteiger charge is 2.44. The second kappa shape index (κ2) is 6.13. The van der Waals surface area contributed by atoms with Gasteiger partial charge in [0.2, 0.25) is 11.8 Å². The number of rotatable bonds is 5. The first-order valence-corrected chi connectivity index (χ1v) is 8.05. The molecule has 1 atom stereocenters. The molecule has 1 unspecified atom stereocenters. The van der Waals surface area contributed by atoms with Crippen molar-refractivity contribution < 1.29 is 23.8 Å². The van der Waals surface area contributed by atoms with Gasteiger partial charge in [0, 0.05) is 24.0 Å². The largest absolute Gasteiger partial charge is 0.479 e. The number of carbonyl (C=O) groups is 2. The number of aryl methyl sites for hydroxylation is 1. The zero-order chi connectivity index (χ0) is 16.4. The van der Waals surface area contributed by atoms with E-state index in [-0.39, 0.29) is 19.4 Å². The molecule has 1 aliphatic rings. The van der Waals surface area contributed by atoms with Crippen LogP contribution in [0, 0.1) is 6.92 Å². The lowest BCUT2D eigenvalue weighted by Crippen LogP contribution is -2.55. The van der Waals surface area contributed by atoms with E-state index >= 15 is 0 Å². The van der Waals surface area contributed by atoms with Crippen LogP contribution in [0.1, 0.15) is 17.9 Å². The van der Waals surface area contributed by atoms with Gasteiger partial charge in [0.05, 0.1) is 18.7 Å². The first kappa shape index (κ1) is 15.7. The van der Waals surface area contributed by atoms with Gasteiger partial charge in [-0.15, -0.1) is 0 Å². The second-order valence-corrected chi connectivity index (χ2v) is 6.23. The molecular weight excluding hydrogens is 320 g/mol. The monoisotopic (exact) mass is 336 g/mol. The molecule has 2 aromatic heterocycles. The van der Waals surface area contributed by atoms with Gasteiger partial charge in [-0.2, -0.15) is 11.3 Å². The Bertz CT molecular complexity index is 716. The number of aromatic nitrogens is 1. The van der Waals surface area contributed by atoms with Crippen LogP contribution < -0.4 is 5.32 Å². The third kappa shape index (κ3) is 3.13. The highest BCUT2D eigenvalue weighted by molar-refractivity contribution is 7.08. The summed E-state index contributed by atoms with van der Waals surface area (Å²) in [5, 5.41) is 15.7. The van der Waals surface area contributed by atoms with E-state index in [0.717, 1.165) is 5.56 Å². The zero-order valence-electron chi connectivity index (χ0n) is 12.5. The molecule has 0 radical (unpaired) electrons. The topological polar surface area (TPSA) is 102 Å². The van der Waals surface area contributed by atoms with Crippen molar-refractivity contribution in [1.29, 1.82) is 0 Å². The Morgan fingerprint density at radius 1 is 1.52 bits per heavy atom. The molecule has 122 valence electrons. The van der Waals surface area contributed by atoms with E-state index in [1.54, 1.807) is 6.92 Å². The summed E-state index contributed by atoms with van der Waals surface area (Å²) in [5.41, 5.74) is 0.0179. The van der Waals surface area contributed by atoms with Crippen molar-refractivity contribution in [2.75, 3.05) is 13.2 Å². The summed E-state index contributed by atoms with van der Waals surface area (Å²) < 4.78 is 10.7. The second-order valence-electron chi connectivity index (χ2n) is 5.45. The van der Waals surface area contributed by atoms with Crippen molar-refractivity contribution in [1.82, 2.24) is 10.3 Å². The molecule has 3 heterocycles. The van der Waals surface area contributed by atoms with Gasteiger partial charge in [0.15, 0.2) is 5.54 Å². The van der Waals surface area contributed by atoms with Crippen molar-refractivity contribution >= 4 is 23.2 Å². The maximum Gasteiger partial charge on any atom is 0.331 e. The predicted octanol–water partition coefficient (Wildman–Crippen LogP) is 1.61. The van der Waals surface area contributed by atoms with Crippen LogP contribution in [0.25, 0.3) is 11.5 Å². The highest BCUT2D eigenvalue weighted by atomic mass is 32.1. The van der Waals surface area contributed by atoms with Crippen LogP contribution in [0.2, 0.25) is 0 Å². The number of carboxylic acids is 1. The number of oxazole rings is 1. The molecular formula is C15H16N2O5S. The summed E-state index contributed by atoms with van der Waals surface area (Å²) in [6.07, 6.45) is 0.223. The van der Waals surface area contributed by atoms with E-state index in [2.05, 4.69) is 10.3 Å². The number of ether oxygens (including phenoxy) is 1. The molecule has 2 aromatic rings. The number of carbonyl (C=O) groups excluding carboxylic acids is 1. The number of nitrogens with zero attached hydrogens (tertiary/aromatic N) is 1. The summed E-state index contributed by atoms with van der Waals surface area (Å²) >= 11 is 1.53. The minimum Gasteiger partial charge on any atom is -0.479 e. The van der Waals surface area contributed by atoms with Crippen LogP contribution in [0.15, 0.2) is 21.2 Å². The number of aliphatic carboxylic acids is 1.